The van der Waals surface area contributed by atoms with Gasteiger partial charge in [-0.3, -0.25) is 4.90 Å². The molecule has 0 radical (unpaired) electrons. The molecule has 2 atom stereocenters. The Bertz CT molecular complexity index is 245. The van der Waals surface area contributed by atoms with Crippen molar-refractivity contribution < 1.29 is 9.47 Å². The first-order valence-corrected chi connectivity index (χ1v) is 7.36. The number of nitrogens with one attached hydrogen (secondary N) is 1. The van der Waals surface area contributed by atoms with Crippen molar-refractivity contribution in [2.45, 2.75) is 38.0 Å². The van der Waals surface area contributed by atoms with Gasteiger partial charge in [0, 0.05) is 38.6 Å². The van der Waals surface area contributed by atoms with Crippen LogP contribution in [-0.4, -0.2) is 68.2 Å². The third-order valence-electron chi connectivity index (χ3n) is 4.25. The summed E-state index contributed by atoms with van der Waals surface area (Å²) < 4.78 is 11.3. The minimum Gasteiger partial charge on any atom is -0.379 e. The maximum absolute atomic E-state index is 5.96. The normalized spacial score (nSPS) is 34.7. The molecule has 3 heterocycles. The molecule has 0 bridgehead atoms. The Morgan fingerprint density at radius 2 is 2.06 bits per heavy atom. The van der Waals surface area contributed by atoms with Gasteiger partial charge in [0.25, 0.3) is 0 Å². The van der Waals surface area contributed by atoms with Crippen molar-refractivity contribution in [1.29, 1.82) is 0 Å². The third kappa shape index (κ3) is 3.22. The van der Waals surface area contributed by atoms with E-state index >= 15 is 0 Å². The molecule has 18 heavy (non-hydrogen) atoms. The van der Waals surface area contributed by atoms with Crippen molar-refractivity contribution in [3.05, 3.63) is 0 Å². The Kier molecular flexibility index (Phi) is 4.49. The monoisotopic (exact) mass is 255 g/mol. The summed E-state index contributed by atoms with van der Waals surface area (Å²) in [6.45, 7) is 6.90. The summed E-state index contributed by atoms with van der Waals surface area (Å²) in [4.78, 5) is 2.42. The molecule has 3 rings (SSSR count). The maximum atomic E-state index is 5.96. The molecular formula is C13H25N3O2. The number of hydrazine groups is 1. The van der Waals surface area contributed by atoms with Gasteiger partial charge < -0.3 is 9.47 Å². The number of rotatable bonds is 4. The van der Waals surface area contributed by atoms with Crippen LogP contribution in [0.2, 0.25) is 0 Å². The van der Waals surface area contributed by atoms with Gasteiger partial charge in [0.15, 0.2) is 0 Å². The summed E-state index contributed by atoms with van der Waals surface area (Å²) in [5.41, 5.74) is 3.50. The van der Waals surface area contributed by atoms with Crippen molar-refractivity contribution in [2.24, 2.45) is 0 Å². The third-order valence-corrected chi connectivity index (χ3v) is 4.25. The second kappa shape index (κ2) is 6.30. The summed E-state index contributed by atoms with van der Waals surface area (Å²) in [6, 6.07) is 0.715. The Hall–Kier alpha value is -0.200. The number of morpholine rings is 1. The molecule has 2 unspecified atom stereocenters. The lowest BCUT2D eigenvalue weighted by Gasteiger charge is -2.28. The lowest BCUT2D eigenvalue weighted by atomic mass is 10.0. The van der Waals surface area contributed by atoms with Crippen molar-refractivity contribution in [3.8, 4) is 0 Å². The molecular weight excluding hydrogens is 230 g/mol. The Morgan fingerprint density at radius 1 is 1.17 bits per heavy atom. The molecule has 0 saturated carbocycles. The van der Waals surface area contributed by atoms with Crippen LogP contribution in [0.15, 0.2) is 0 Å². The van der Waals surface area contributed by atoms with Crippen LogP contribution >= 0.6 is 0 Å². The molecule has 0 aromatic rings. The summed E-state index contributed by atoms with van der Waals surface area (Å²) in [6.07, 6.45) is 5.43. The van der Waals surface area contributed by atoms with E-state index in [0.717, 1.165) is 45.9 Å². The van der Waals surface area contributed by atoms with Crippen molar-refractivity contribution in [2.75, 3.05) is 46.0 Å². The zero-order valence-corrected chi connectivity index (χ0v) is 11.1. The molecule has 104 valence electrons. The van der Waals surface area contributed by atoms with Crippen LogP contribution in [0.25, 0.3) is 0 Å². The predicted molar refractivity (Wildman–Crippen MR) is 69.1 cm³/mol. The smallest absolute Gasteiger partial charge is 0.122 e. The summed E-state index contributed by atoms with van der Waals surface area (Å²) in [5, 5.41) is 2.39. The number of nitrogens with zero attached hydrogens (tertiary/aromatic N) is 2. The topological polar surface area (TPSA) is 37.0 Å². The average Bonchev–Trinajstić information content (AvgIpc) is 2.82. The van der Waals surface area contributed by atoms with E-state index in [4.69, 9.17) is 9.47 Å². The highest BCUT2D eigenvalue weighted by Crippen LogP contribution is 2.24. The van der Waals surface area contributed by atoms with E-state index in [-0.39, 0.29) is 6.23 Å². The Morgan fingerprint density at radius 3 is 2.89 bits per heavy atom. The van der Waals surface area contributed by atoms with E-state index in [1.165, 1.54) is 25.8 Å². The van der Waals surface area contributed by atoms with Crippen molar-refractivity contribution in [3.63, 3.8) is 0 Å². The highest BCUT2D eigenvalue weighted by Gasteiger charge is 2.33. The van der Waals surface area contributed by atoms with E-state index in [1.807, 2.05) is 0 Å². The highest BCUT2D eigenvalue weighted by molar-refractivity contribution is 4.83. The van der Waals surface area contributed by atoms with Gasteiger partial charge in [0.1, 0.15) is 6.23 Å². The molecule has 1 N–H and O–H groups in total. The number of hydrogen-bond acceptors (Lipinski definition) is 5. The van der Waals surface area contributed by atoms with Gasteiger partial charge in [0.2, 0.25) is 0 Å². The molecule has 0 aliphatic carbocycles. The molecule has 5 heteroatoms. The SMILES string of the molecule is C1CCN2NC(OCCN3CCOCC3)CC2C1. The van der Waals surface area contributed by atoms with Gasteiger partial charge in [0.05, 0.1) is 19.8 Å². The number of hydrogen-bond donors (Lipinski definition) is 1. The van der Waals surface area contributed by atoms with Crippen molar-refractivity contribution in [1.82, 2.24) is 15.3 Å². The van der Waals surface area contributed by atoms with Crippen LogP contribution in [0.5, 0.6) is 0 Å². The van der Waals surface area contributed by atoms with Gasteiger partial charge in [-0.2, -0.15) is 0 Å². The molecule has 3 saturated heterocycles. The predicted octanol–water partition coefficient (Wildman–Crippen LogP) is 0.424. The molecule has 3 fully saturated rings. The first-order valence-electron chi connectivity index (χ1n) is 7.36. The molecule has 0 aromatic carbocycles. The largest absolute Gasteiger partial charge is 0.379 e. The lowest BCUT2D eigenvalue weighted by molar-refractivity contribution is -0.0141. The second-order valence-corrected chi connectivity index (χ2v) is 5.52. The standard InChI is InChI=1S/C13H25N3O2/c1-2-4-16-12(3-1)11-13(14-16)18-10-7-15-5-8-17-9-6-15/h12-14H,1-11H2. The van der Waals surface area contributed by atoms with E-state index < -0.39 is 0 Å². The van der Waals surface area contributed by atoms with Crippen LogP contribution < -0.4 is 5.43 Å². The maximum Gasteiger partial charge on any atom is 0.122 e. The van der Waals surface area contributed by atoms with Crippen LogP contribution in [-0.2, 0) is 9.47 Å². The molecule has 3 aliphatic rings. The van der Waals surface area contributed by atoms with Crippen molar-refractivity contribution >= 4 is 0 Å². The van der Waals surface area contributed by atoms with Crippen LogP contribution in [0.4, 0.5) is 0 Å². The van der Waals surface area contributed by atoms with Gasteiger partial charge in [-0.25, -0.2) is 10.4 Å². The van der Waals surface area contributed by atoms with E-state index in [9.17, 15) is 0 Å². The fourth-order valence-corrected chi connectivity index (χ4v) is 3.15. The zero-order valence-electron chi connectivity index (χ0n) is 11.1. The number of ether oxygens (including phenoxy) is 2. The quantitative estimate of drug-likeness (QED) is 0.788. The van der Waals surface area contributed by atoms with Crippen LogP contribution in [0, 0.1) is 0 Å². The molecule has 0 spiro atoms. The summed E-state index contributed by atoms with van der Waals surface area (Å²) in [7, 11) is 0. The van der Waals surface area contributed by atoms with Crippen LogP contribution in [0.1, 0.15) is 25.7 Å². The van der Waals surface area contributed by atoms with E-state index in [1.54, 1.807) is 0 Å². The molecule has 0 amide bonds. The van der Waals surface area contributed by atoms with Gasteiger partial charge in [-0.05, 0) is 12.8 Å². The second-order valence-electron chi connectivity index (χ2n) is 5.52. The minimum absolute atomic E-state index is 0.245. The first kappa shape index (κ1) is 12.8. The first-order chi connectivity index (χ1) is 8.92. The van der Waals surface area contributed by atoms with Crippen LogP contribution in [0.3, 0.4) is 0 Å². The summed E-state index contributed by atoms with van der Waals surface area (Å²) in [5.74, 6) is 0. The number of piperidine rings is 1. The Labute approximate surface area is 109 Å². The number of fused-ring (bicyclic) bond motifs is 1. The van der Waals surface area contributed by atoms with E-state index in [2.05, 4.69) is 15.3 Å². The average molecular weight is 255 g/mol. The zero-order chi connectivity index (χ0) is 12.2. The van der Waals surface area contributed by atoms with Gasteiger partial charge in [-0.15, -0.1) is 0 Å². The Balaban J connectivity index is 1.34. The fourth-order valence-electron chi connectivity index (χ4n) is 3.15. The molecule has 0 aromatic heterocycles. The van der Waals surface area contributed by atoms with E-state index in [0.29, 0.717) is 6.04 Å². The van der Waals surface area contributed by atoms with Gasteiger partial charge in [-0.1, -0.05) is 6.42 Å². The highest BCUT2D eigenvalue weighted by atomic mass is 16.5. The lowest BCUT2D eigenvalue weighted by Crippen LogP contribution is -2.43. The molecule has 3 aliphatic heterocycles. The van der Waals surface area contributed by atoms with Gasteiger partial charge >= 0.3 is 0 Å². The molecule has 5 nitrogen and oxygen atoms in total. The minimum atomic E-state index is 0.245. The fraction of sp³-hybridized carbons (Fsp3) is 1.00. The summed E-state index contributed by atoms with van der Waals surface area (Å²) >= 11 is 0.